The molecule has 3 unspecified atom stereocenters. The third kappa shape index (κ3) is 5.10. The van der Waals surface area contributed by atoms with E-state index in [-0.39, 0.29) is 30.6 Å². The van der Waals surface area contributed by atoms with Crippen LogP contribution in [0, 0.1) is 28.9 Å². The Bertz CT molecular complexity index is 898. The van der Waals surface area contributed by atoms with E-state index in [4.69, 9.17) is 33.6 Å². The molecule has 5 aliphatic heterocycles. The maximum Gasteiger partial charge on any atom is 0.309 e. The number of hydrazine groups is 1. The first-order chi connectivity index (χ1) is 17.7. The second-order valence-electron chi connectivity index (χ2n) is 11.0. The highest BCUT2D eigenvalue weighted by Crippen LogP contribution is 2.60. The summed E-state index contributed by atoms with van der Waals surface area (Å²) in [6, 6.07) is 0. The lowest BCUT2D eigenvalue weighted by atomic mass is 9.58. The zero-order valence-corrected chi connectivity index (χ0v) is 21.7. The highest BCUT2D eigenvalue weighted by atomic mass is 17.3. The minimum Gasteiger partial charge on any atom is -0.569 e. The van der Waals surface area contributed by atoms with E-state index in [1.54, 1.807) is 0 Å². The van der Waals surface area contributed by atoms with Gasteiger partial charge in [-0.1, -0.05) is 13.8 Å². The maximum atomic E-state index is 12.6. The van der Waals surface area contributed by atoms with Crippen molar-refractivity contribution in [1.29, 1.82) is 0 Å². The van der Waals surface area contributed by atoms with Crippen LogP contribution in [0.5, 0.6) is 0 Å². The van der Waals surface area contributed by atoms with Gasteiger partial charge >= 0.3 is 11.9 Å². The standard InChI is InChI=1S/C24H37N3O10/c1-15-6-7-18-16(2)21(34-22-24(18)17(15)10-11-23(3,35-22)36-37-24)33-20(29)9-8-19(28)31-14-32-25-27(30)26-12-4-5-13-26/h15-18,21-22H,4-14H2,1-3H3/b27-25-/t15-,16-,17?,18?,21+,22?,23+,24-/m1/s1. The lowest BCUT2D eigenvalue weighted by Crippen LogP contribution is -2.70. The van der Waals surface area contributed by atoms with Gasteiger partial charge in [0.05, 0.1) is 30.9 Å². The SMILES string of the molecule is C[C@@H]1CCC2[C@@H](C)[C@@H](OC(=O)CCC(=O)OCO/N=[N+](\[O-])N3CCCC3)OC3O[C@]4(C)CCC1[C@]32OO4. The molecule has 208 valence electrons. The highest BCUT2D eigenvalue weighted by Gasteiger charge is 2.69. The Morgan fingerprint density at radius 2 is 1.84 bits per heavy atom. The number of carbonyl (C=O) groups excluding carboxylic acids is 2. The van der Waals surface area contributed by atoms with Gasteiger partial charge in [-0.25, -0.2) is 9.78 Å². The molecule has 37 heavy (non-hydrogen) atoms. The Morgan fingerprint density at radius 1 is 1.08 bits per heavy atom. The average Bonchev–Trinajstić information content (AvgIpc) is 3.32. The lowest BCUT2D eigenvalue weighted by Gasteiger charge is -2.59. The fourth-order valence-corrected chi connectivity index (χ4v) is 6.56. The van der Waals surface area contributed by atoms with E-state index >= 15 is 0 Å². The van der Waals surface area contributed by atoms with Crippen LogP contribution in [0.1, 0.15) is 72.1 Å². The van der Waals surface area contributed by atoms with Gasteiger partial charge in [0.15, 0.2) is 11.9 Å². The molecule has 13 nitrogen and oxygen atoms in total. The van der Waals surface area contributed by atoms with Crippen molar-refractivity contribution in [2.45, 2.75) is 96.1 Å². The van der Waals surface area contributed by atoms with E-state index in [1.807, 2.05) is 13.8 Å². The van der Waals surface area contributed by atoms with E-state index in [9.17, 15) is 14.8 Å². The normalized spacial score (nSPS) is 41.1. The Morgan fingerprint density at radius 3 is 2.62 bits per heavy atom. The minimum absolute atomic E-state index is 0.0277. The largest absolute Gasteiger partial charge is 0.569 e. The molecule has 8 atom stereocenters. The van der Waals surface area contributed by atoms with E-state index in [1.165, 1.54) is 5.01 Å². The zero-order chi connectivity index (χ0) is 26.2. The maximum absolute atomic E-state index is 12.6. The predicted molar refractivity (Wildman–Crippen MR) is 121 cm³/mol. The van der Waals surface area contributed by atoms with Gasteiger partial charge in [-0.05, 0) is 50.9 Å². The first-order valence-electron chi connectivity index (χ1n) is 13.3. The van der Waals surface area contributed by atoms with Crippen molar-refractivity contribution in [2.24, 2.45) is 28.9 Å². The highest BCUT2D eigenvalue weighted by molar-refractivity contribution is 5.77. The van der Waals surface area contributed by atoms with Gasteiger partial charge in [0.2, 0.25) is 17.4 Å². The smallest absolute Gasteiger partial charge is 0.309 e. The number of esters is 2. The van der Waals surface area contributed by atoms with Crippen LogP contribution >= 0.6 is 0 Å². The van der Waals surface area contributed by atoms with Crippen LogP contribution in [0.15, 0.2) is 5.28 Å². The van der Waals surface area contributed by atoms with Crippen LogP contribution in [0.25, 0.3) is 0 Å². The number of fused-ring (bicyclic) bond motifs is 2. The topological polar surface area (TPSA) is 140 Å². The molecular formula is C24H37N3O10. The Labute approximate surface area is 215 Å². The molecule has 5 saturated heterocycles. The van der Waals surface area contributed by atoms with Crippen molar-refractivity contribution in [2.75, 3.05) is 19.9 Å². The van der Waals surface area contributed by atoms with Crippen LogP contribution in [-0.2, 0) is 43.1 Å². The second-order valence-corrected chi connectivity index (χ2v) is 11.0. The molecule has 1 aliphatic carbocycles. The first-order valence-corrected chi connectivity index (χ1v) is 13.3. The van der Waals surface area contributed by atoms with Gasteiger partial charge in [-0.2, -0.15) is 0 Å². The predicted octanol–water partition coefficient (Wildman–Crippen LogP) is 2.92. The third-order valence-electron chi connectivity index (χ3n) is 8.60. The number of carbonyl (C=O) groups is 2. The quantitative estimate of drug-likeness (QED) is 0.0875. The van der Waals surface area contributed by atoms with Crippen molar-refractivity contribution >= 4 is 11.9 Å². The molecule has 5 heterocycles. The number of rotatable bonds is 8. The summed E-state index contributed by atoms with van der Waals surface area (Å²) >= 11 is 0. The molecule has 6 fully saturated rings. The van der Waals surface area contributed by atoms with E-state index in [0.29, 0.717) is 30.4 Å². The molecule has 6 aliphatic rings. The summed E-state index contributed by atoms with van der Waals surface area (Å²) in [4.78, 5) is 41.5. The fraction of sp³-hybridized carbons (Fsp3) is 0.917. The number of ether oxygens (including phenoxy) is 4. The lowest BCUT2D eigenvalue weighted by molar-refractivity contribution is -0.708. The summed E-state index contributed by atoms with van der Waals surface area (Å²) in [7, 11) is 0. The van der Waals surface area contributed by atoms with E-state index in [2.05, 4.69) is 12.2 Å². The fourth-order valence-electron chi connectivity index (χ4n) is 6.56. The van der Waals surface area contributed by atoms with Gasteiger partial charge < -0.3 is 29.0 Å². The number of hydrogen-bond acceptors (Lipinski definition) is 11. The number of hydrogen-bond donors (Lipinski definition) is 0. The summed E-state index contributed by atoms with van der Waals surface area (Å²) < 4.78 is 23.0. The summed E-state index contributed by atoms with van der Waals surface area (Å²) in [6.07, 6.45) is 3.41. The van der Waals surface area contributed by atoms with Gasteiger partial charge in [0, 0.05) is 18.3 Å². The Balaban J connectivity index is 1.11. The summed E-state index contributed by atoms with van der Waals surface area (Å²) in [5, 5.41) is 16.5. The van der Waals surface area contributed by atoms with Crippen LogP contribution in [0.3, 0.4) is 0 Å². The monoisotopic (exact) mass is 527 g/mol. The molecule has 0 N–H and O–H groups in total. The van der Waals surface area contributed by atoms with Crippen LogP contribution in [0.2, 0.25) is 0 Å². The molecule has 0 aromatic rings. The van der Waals surface area contributed by atoms with Crippen molar-refractivity contribution in [3.8, 4) is 0 Å². The molecule has 1 spiro atoms. The zero-order valence-electron chi connectivity index (χ0n) is 21.7. The first kappa shape index (κ1) is 26.4. The molecular weight excluding hydrogens is 490 g/mol. The molecule has 6 rings (SSSR count). The van der Waals surface area contributed by atoms with Crippen LogP contribution in [-0.4, -0.2) is 65.8 Å². The Hall–Kier alpha value is -2.22. The van der Waals surface area contributed by atoms with Gasteiger partial charge in [0.25, 0.3) is 6.79 Å². The summed E-state index contributed by atoms with van der Waals surface area (Å²) in [6.45, 7) is 6.75. The summed E-state index contributed by atoms with van der Waals surface area (Å²) in [5.74, 6) is -1.65. The molecule has 2 bridgehead atoms. The minimum atomic E-state index is -0.914. The molecule has 0 radical (unpaired) electrons. The molecule has 0 amide bonds. The molecule has 13 heteroatoms. The molecule has 1 saturated carbocycles. The van der Waals surface area contributed by atoms with Crippen LogP contribution in [0.4, 0.5) is 0 Å². The number of nitrogens with zero attached hydrogens (tertiary/aromatic N) is 3. The van der Waals surface area contributed by atoms with Gasteiger partial charge in [-0.15, -0.1) is 5.01 Å². The van der Waals surface area contributed by atoms with Crippen molar-refractivity contribution in [3.63, 3.8) is 0 Å². The van der Waals surface area contributed by atoms with Crippen molar-refractivity contribution < 1.29 is 48.1 Å². The summed E-state index contributed by atoms with van der Waals surface area (Å²) in [5.41, 5.74) is -0.737. The Kier molecular flexibility index (Phi) is 7.49. The average molecular weight is 528 g/mol. The van der Waals surface area contributed by atoms with Crippen molar-refractivity contribution in [3.05, 3.63) is 5.21 Å². The molecule has 0 aromatic carbocycles. The van der Waals surface area contributed by atoms with Gasteiger partial charge in [-0.3, -0.25) is 9.59 Å². The van der Waals surface area contributed by atoms with Crippen molar-refractivity contribution in [1.82, 2.24) is 5.01 Å². The van der Waals surface area contributed by atoms with E-state index in [0.717, 1.165) is 32.1 Å². The van der Waals surface area contributed by atoms with Gasteiger partial charge in [0.1, 0.15) is 0 Å². The third-order valence-corrected chi connectivity index (χ3v) is 8.60. The molecule has 0 aromatic heterocycles. The second kappa shape index (κ2) is 10.5. The van der Waals surface area contributed by atoms with E-state index < -0.39 is 42.7 Å². The van der Waals surface area contributed by atoms with Crippen LogP contribution < -0.4 is 0 Å².